The summed E-state index contributed by atoms with van der Waals surface area (Å²) >= 11 is 0. The molecule has 1 amide bonds. The van der Waals surface area contributed by atoms with Gasteiger partial charge in [0.1, 0.15) is 0 Å². The number of nitrogens with zero attached hydrogens (tertiary/aromatic N) is 3. The topological polar surface area (TPSA) is 56.6 Å². The van der Waals surface area contributed by atoms with Gasteiger partial charge in [0, 0.05) is 42.9 Å². The lowest BCUT2D eigenvalue weighted by Gasteiger charge is -2.24. The van der Waals surface area contributed by atoms with Crippen molar-refractivity contribution >= 4 is 5.91 Å². The van der Waals surface area contributed by atoms with Crippen molar-refractivity contribution < 1.29 is 14.3 Å². The molecule has 1 aromatic heterocycles. The molecule has 2 heterocycles. The molecule has 3 aromatic rings. The average Bonchev–Trinajstić information content (AvgIpc) is 3.36. The Hall–Kier alpha value is -3.28. The van der Waals surface area contributed by atoms with Gasteiger partial charge in [-0.25, -0.2) is 0 Å². The van der Waals surface area contributed by atoms with E-state index in [1.807, 2.05) is 60.0 Å². The highest BCUT2D eigenvalue weighted by Crippen LogP contribution is 2.49. The monoisotopic (exact) mass is 417 g/mol. The Morgan fingerprint density at radius 3 is 2.65 bits per heavy atom. The molecule has 31 heavy (non-hydrogen) atoms. The van der Waals surface area contributed by atoms with Gasteiger partial charge in [0.2, 0.25) is 12.7 Å². The van der Waals surface area contributed by atoms with Crippen LogP contribution >= 0.6 is 0 Å². The van der Waals surface area contributed by atoms with Gasteiger partial charge >= 0.3 is 0 Å². The summed E-state index contributed by atoms with van der Waals surface area (Å²) in [7, 11) is 1.94. The number of aromatic nitrogens is 2. The first-order valence-corrected chi connectivity index (χ1v) is 10.7. The molecular weight excluding hydrogens is 390 g/mol. The fourth-order valence-electron chi connectivity index (χ4n) is 4.54. The van der Waals surface area contributed by atoms with Gasteiger partial charge in [-0.15, -0.1) is 0 Å². The summed E-state index contributed by atoms with van der Waals surface area (Å²) in [6.45, 7) is 5.30. The van der Waals surface area contributed by atoms with E-state index >= 15 is 0 Å². The Morgan fingerprint density at radius 1 is 1.10 bits per heavy atom. The molecule has 2 atom stereocenters. The summed E-state index contributed by atoms with van der Waals surface area (Å²) in [5, 5.41) is 4.54. The van der Waals surface area contributed by atoms with Crippen LogP contribution in [0, 0.1) is 19.8 Å². The lowest BCUT2D eigenvalue weighted by atomic mass is 10.1. The number of para-hydroxylation sites is 1. The van der Waals surface area contributed by atoms with Crippen molar-refractivity contribution in [3.63, 3.8) is 0 Å². The molecule has 0 spiro atoms. The van der Waals surface area contributed by atoms with Gasteiger partial charge in [-0.2, -0.15) is 5.10 Å². The first kappa shape index (κ1) is 19.7. The zero-order valence-corrected chi connectivity index (χ0v) is 18.2. The Morgan fingerprint density at radius 2 is 1.90 bits per heavy atom. The number of carbonyl (C=O) groups is 1. The second-order valence-electron chi connectivity index (χ2n) is 8.48. The van der Waals surface area contributed by atoms with Gasteiger partial charge in [-0.05, 0) is 37.8 Å². The maximum Gasteiger partial charge on any atom is 0.231 e. The van der Waals surface area contributed by atoms with E-state index in [4.69, 9.17) is 9.47 Å². The fourth-order valence-corrected chi connectivity index (χ4v) is 4.54. The molecule has 0 radical (unpaired) electrons. The third-order valence-electron chi connectivity index (χ3n) is 6.49. The van der Waals surface area contributed by atoms with E-state index in [1.54, 1.807) is 0 Å². The summed E-state index contributed by atoms with van der Waals surface area (Å²) in [4.78, 5) is 15.6. The van der Waals surface area contributed by atoms with Gasteiger partial charge in [0.25, 0.3) is 0 Å². The second kappa shape index (κ2) is 7.76. The van der Waals surface area contributed by atoms with E-state index in [9.17, 15) is 4.79 Å². The first-order chi connectivity index (χ1) is 15.0. The molecule has 6 heteroatoms. The van der Waals surface area contributed by atoms with E-state index in [0.717, 1.165) is 40.4 Å². The number of hydrogen-bond acceptors (Lipinski definition) is 4. The van der Waals surface area contributed by atoms with Crippen molar-refractivity contribution in [2.24, 2.45) is 13.0 Å². The van der Waals surface area contributed by atoms with Crippen LogP contribution in [0.3, 0.4) is 0 Å². The number of aryl methyl sites for hydroxylation is 2. The maximum atomic E-state index is 13.7. The minimum Gasteiger partial charge on any atom is -0.454 e. The number of carbonyl (C=O) groups excluding carboxylic acids is 1. The average molecular weight is 418 g/mol. The molecule has 2 aromatic carbocycles. The van der Waals surface area contributed by atoms with E-state index < -0.39 is 0 Å². The SMILES string of the molecule is Cc1nn(C)c(C)c1CN(Cc1cccc2c1OCO2)C(=O)[C@@H]1C[C@H]1c1ccccc1. The summed E-state index contributed by atoms with van der Waals surface area (Å²) in [6, 6.07) is 16.2. The number of amides is 1. The lowest BCUT2D eigenvalue weighted by Crippen LogP contribution is -2.32. The van der Waals surface area contributed by atoms with Crippen LogP contribution in [-0.2, 0) is 24.9 Å². The lowest BCUT2D eigenvalue weighted by molar-refractivity contribution is -0.134. The van der Waals surface area contributed by atoms with Crippen LogP contribution in [-0.4, -0.2) is 27.4 Å². The van der Waals surface area contributed by atoms with Gasteiger partial charge in [-0.3, -0.25) is 9.48 Å². The minimum atomic E-state index is 0.0219. The highest BCUT2D eigenvalue weighted by atomic mass is 16.7. The third-order valence-corrected chi connectivity index (χ3v) is 6.49. The normalized spacial score (nSPS) is 18.8. The van der Waals surface area contributed by atoms with Crippen LogP contribution in [0.5, 0.6) is 11.5 Å². The van der Waals surface area contributed by atoms with Gasteiger partial charge in [0.15, 0.2) is 11.5 Å². The maximum absolute atomic E-state index is 13.7. The zero-order chi connectivity index (χ0) is 21.5. The number of ether oxygens (including phenoxy) is 2. The largest absolute Gasteiger partial charge is 0.454 e. The quantitative estimate of drug-likeness (QED) is 0.606. The Kier molecular flexibility index (Phi) is 4.93. The minimum absolute atomic E-state index is 0.0219. The summed E-state index contributed by atoms with van der Waals surface area (Å²) in [5.74, 6) is 2.00. The van der Waals surface area contributed by atoms with Crippen LogP contribution in [0.15, 0.2) is 48.5 Å². The fraction of sp³-hybridized carbons (Fsp3) is 0.360. The zero-order valence-electron chi connectivity index (χ0n) is 18.2. The third kappa shape index (κ3) is 3.67. The van der Waals surface area contributed by atoms with Crippen LogP contribution < -0.4 is 9.47 Å². The molecule has 0 N–H and O–H groups in total. The smallest absolute Gasteiger partial charge is 0.231 e. The number of fused-ring (bicyclic) bond motifs is 1. The van der Waals surface area contributed by atoms with Crippen molar-refractivity contribution in [2.75, 3.05) is 6.79 Å². The van der Waals surface area contributed by atoms with Gasteiger partial charge in [-0.1, -0.05) is 42.5 Å². The number of benzene rings is 2. The van der Waals surface area contributed by atoms with Gasteiger partial charge < -0.3 is 14.4 Å². The summed E-state index contributed by atoms with van der Waals surface area (Å²) in [6.07, 6.45) is 0.900. The molecule has 6 nitrogen and oxygen atoms in total. The Labute approximate surface area is 182 Å². The van der Waals surface area contributed by atoms with Crippen LogP contribution in [0.25, 0.3) is 0 Å². The molecule has 0 bridgehead atoms. The Bertz CT molecular complexity index is 1120. The second-order valence-corrected chi connectivity index (χ2v) is 8.48. The van der Waals surface area contributed by atoms with Crippen molar-refractivity contribution in [2.45, 2.75) is 39.3 Å². The van der Waals surface area contributed by atoms with Crippen molar-refractivity contribution in [3.8, 4) is 11.5 Å². The molecule has 1 aliphatic heterocycles. The van der Waals surface area contributed by atoms with Crippen molar-refractivity contribution in [3.05, 3.63) is 76.6 Å². The highest BCUT2D eigenvalue weighted by Gasteiger charge is 2.46. The molecule has 0 saturated heterocycles. The molecule has 0 unspecified atom stereocenters. The van der Waals surface area contributed by atoms with Crippen LogP contribution in [0.2, 0.25) is 0 Å². The molecule has 2 aliphatic rings. The number of hydrogen-bond donors (Lipinski definition) is 0. The van der Waals surface area contributed by atoms with E-state index in [-0.39, 0.29) is 18.6 Å². The van der Waals surface area contributed by atoms with E-state index in [1.165, 1.54) is 5.56 Å². The summed E-state index contributed by atoms with van der Waals surface area (Å²) in [5.41, 5.74) is 5.37. The van der Waals surface area contributed by atoms with E-state index in [2.05, 4.69) is 24.2 Å². The standard InChI is InChI=1S/C25H27N3O3/c1-16-22(17(2)27(3)26-16)14-28(13-19-10-7-11-23-24(19)31-15-30-23)25(29)21-12-20(21)18-8-5-4-6-9-18/h4-11,20-21H,12-15H2,1-3H3/t20-,21+/m0/s1. The molecule has 160 valence electrons. The Balaban J connectivity index is 1.43. The van der Waals surface area contributed by atoms with Crippen molar-refractivity contribution in [1.82, 2.24) is 14.7 Å². The van der Waals surface area contributed by atoms with Crippen LogP contribution in [0.1, 0.15) is 40.4 Å². The van der Waals surface area contributed by atoms with Gasteiger partial charge in [0.05, 0.1) is 5.69 Å². The molecular formula is C25H27N3O3. The van der Waals surface area contributed by atoms with Crippen molar-refractivity contribution in [1.29, 1.82) is 0 Å². The predicted molar refractivity (Wildman–Crippen MR) is 117 cm³/mol. The van der Waals surface area contributed by atoms with Crippen LogP contribution in [0.4, 0.5) is 0 Å². The molecule has 5 rings (SSSR count). The van der Waals surface area contributed by atoms with E-state index in [0.29, 0.717) is 19.0 Å². The highest BCUT2D eigenvalue weighted by molar-refractivity contribution is 5.83. The summed E-state index contributed by atoms with van der Waals surface area (Å²) < 4.78 is 13.1. The molecule has 1 saturated carbocycles. The predicted octanol–water partition coefficient (Wildman–Crippen LogP) is 4.10. The molecule has 1 fully saturated rings. The number of rotatable bonds is 6. The first-order valence-electron chi connectivity index (χ1n) is 10.7. The molecule has 1 aliphatic carbocycles.